The first kappa shape index (κ1) is 13.0. The van der Waals surface area contributed by atoms with E-state index in [1.165, 1.54) is 0 Å². The summed E-state index contributed by atoms with van der Waals surface area (Å²) in [6.07, 6.45) is 4.01. The minimum Gasteiger partial charge on any atom is -0.382 e. The molecule has 18 heavy (non-hydrogen) atoms. The third-order valence-corrected chi connectivity index (χ3v) is 3.33. The van der Waals surface area contributed by atoms with Gasteiger partial charge in [0.2, 0.25) is 0 Å². The van der Waals surface area contributed by atoms with E-state index in [9.17, 15) is 0 Å². The van der Waals surface area contributed by atoms with Crippen molar-refractivity contribution in [2.75, 3.05) is 7.11 Å². The van der Waals surface area contributed by atoms with Crippen molar-refractivity contribution in [2.45, 2.75) is 31.9 Å². The fourth-order valence-electron chi connectivity index (χ4n) is 1.99. The van der Waals surface area contributed by atoms with Gasteiger partial charge in [-0.2, -0.15) is 0 Å². The van der Waals surface area contributed by atoms with Crippen LogP contribution >= 0.6 is 0 Å². The number of nitrogens with two attached hydrogens (primary N) is 1. The largest absolute Gasteiger partial charge is 0.382 e. The predicted molar refractivity (Wildman–Crippen MR) is 74.4 cm³/mol. The fraction of sp³-hybridized carbons (Fsp3) is 0.400. The molecule has 2 unspecified atom stereocenters. The highest BCUT2D eigenvalue weighted by molar-refractivity contribution is 5.78. The van der Waals surface area contributed by atoms with Gasteiger partial charge in [0.1, 0.15) is 0 Å². The summed E-state index contributed by atoms with van der Waals surface area (Å²) in [6, 6.07) is 10.2. The summed E-state index contributed by atoms with van der Waals surface area (Å²) in [4.78, 5) is 4.44. The molecule has 0 radical (unpaired) electrons. The van der Waals surface area contributed by atoms with Crippen molar-refractivity contribution in [3.8, 4) is 0 Å². The lowest BCUT2D eigenvalue weighted by Gasteiger charge is -2.15. The lowest BCUT2D eigenvalue weighted by molar-refractivity contribution is 0.107. The second-order valence-corrected chi connectivity index (χ2v) is 4.69. The van der Waals surface area contributed by atoms with E-state index in [0.717, 1.165) is 29.3 Å². The van der Waals surface area contributed by atoms with Gasteiger partial charge in [0.05, 0.1) is 11.6 Å². The van der Waals surface area contributed by atoms with Gasteiger partial charge >= 0.3 is 0 Å². The summed E-state index contributed by atoms with van der Waals surface area (Å²) in [5, 5.41) is 1.14. The van der Waals surface area contributed by atoms with E-state index in [1.807, 2.05) is 24.4 Å². The van der Waals surface area contributed by atoms with E-state index in [0.29, 0.717) is 0 Å². The molecular formula is C15H20N2O. The number of hydrogen-bond acceptors (Lipinski definition) is 3. The van der Waals surface area contributed by atoms with Gasteiger partial charge in [-0.05, 0) is 37.5 Å². The summed E-state index contributed by atoms with van der Waals surface area (Å²) in [5.41, 5.74) is 8.30. The molecule has 2 atom stereocenters. The highest BCUT2D eigenvalue weighted by Gasteiger charge is 2.09. The van der Waals surface area contributed by atoms with Crippen LogP contribution in [0.1, 0.15) is 31.4 Å². The second-order valence-electron chi connectivity index (χ2n) is 4.69. The number of hydrogen-bond donors (Lipinski definition) is 1. The van der Waals surface area contributed by atoms with Crippen LogP contribution in [-0.2, 0) is 4.74 Å². The van der Waals surface area contributed by atoms with Crippen molar-refractivity contribution in [3.05, 3.63) is 42.1 Å². The Morgan fingerprint density at radius 2 is 2.06 bits per heavy atom. The van der Waals surface area contributed by atoms with E-state index < -0.39 is 0 Å². The van der Waals surface area contributed by atoms with Gasteiger partial charge in [0.15, 0.2) is 0 Å². The smallest absolute Gasteiger partial charge is 0.0702 e. The summed E-state index contributed by atoms with van der Waals surface area (Å²) in [6.45, 7) is 2.06. The molecule has 3 nitrogen and oxygen atoms in total. The van der Waals surface area contributed by atoms with Crippen LogP contribution in [0.4, 0.5) is 0 Å². The Morgan fingerprint density at radius 3 is 2.83 bits per heavy atom. The minimum atomic E-state index is 0.0275. The minimum absolute atomic E-state index is 0.0275. The number of nitrogens with zero attached hydrogens (tertiary/aromatic N) is 1. The van der Waals surface area contributed by atoms with Crippen LogP contribution in [0.15, 0.2) is 36.5 Å². The number of benzene rings is 1. The topological polar surface area (TPSA) is 48.1 Å². The molecule has 2 aromatic rings. The quantitative estimate of drug-likeness (QED) is 0.879. The van der Waals surface area contributed by atoms with Crippen molar-refractivity contribution in [1.82, 2.24) is 4.98 Å². The Balaban J connectivity index is 2.10. The Bertz CT molecular complexity index is 513. The number of ether oxygens (including phenoxy) is 1. The molecule has 0 bridgehead atoms. The first-order valence-electron chi connectivity index (χ1n) is 6.33. The van der Waals surface area contributed by atoms with E-state index in [-0.39, 0.29) is 12.1 Å². The number of rotatable bonds is 5. The van der Waals surface area contributed by atoms with Crippen molar-refractivity contribution in [1.29, 1.82) is 0 Å². The second kappa shape index (κ2) is 5.94. The molecule has 3 heteroatoms. The number of pyridine rings is 1. The molecule has 1 heterocycles. The molecule has 0 spiro atoms. The Labute approximate surface area is 108 Å². The normalized spacial score (nSPS) is 14.6. The highest BCUT2D eigenvalue weighted by atomic mass is 16.5. The molecule has 0 saturated carbocycles. The molecule has 0 aliphatic heterocycles. The SMILES string of the molecule is COC(C)CCC(N)c1cnc2ccccc2c1. The Hall–Kier alpha value is -1.45. The van der Waals surface area contributed by atoms with Crippen LogP contribution < -0.4 is 5.73 Å². The van der Waals surface area contributed by atoms with E-state index >= 15 is 0 Å². The third kappa shape index (κ3) is 3.06. The summed E-state index contributed by atoms with van der Waals surface area (Å²) < 4.78 is 5.24. The zero-order valence-corrected chi connectivity index (χ0v) is 11.0. The Morgan fingerprint density at radius 1 is 1.28 bits per heavy atom. The average Bonchev–Trinajstić information content (AvgIpc) is 2.43. The zero-order valence-electron chi connectivity index (χ0n) is 11.0. The summed E-state index contributed by atoms with van der Waals surface area (Å²) in [5.74, 6) is 0. The maximum atomic E-state index is 6.19. The van der Waals surface area contributed by atoms with Gasteiger partial charge < -0.3 is 10.5 Å². The molecule has 1 aromatic carbocycles. The molecule has 0 amide bonds. The van der Waals surface area contributed by atoms with Gasteiger partial charge in [-0.3, -0.25) is 4.98 Å². The maximum Gasteiger partial charge on any atom is 0.0702 e. The lowest BCUT2D eigenvalue weighted by atomic mass is 10.0. The van der Waals surface area contributed by atoms with E-state index in [1.54, 1.807) is 7.11 Å². The van der Waals surface area contributed by atoms with Gasteiger partial charge in [-0.1, -0.05) is 18.2 Å². The number of aromatic nitrogens is 1. The first-order chi connectivity index (χ1) is 8.70. The molecule has 0 fully saturated rings. The number of methoxy groups -OCH3 is 1. The van der Waals surface area contributed by atoms with Gasteiger partial charge in [-0.25, -0.2) is 0 Å². The standard InChI is InChI=1S/C15H20N2O/c1-11(18-2)7-8-14(16)13-9-12-5-3-4-6-15(12)17-10-13/h3-6,9-11,14H,7-8,16H2,1-2H3. The molecule has 2 rings (SSSR count). The van der Waals surface area contributed by atoms with Crippen LogP contribution in [0.2, 0.25) is 0 Å². The average molecular weight is 244 g/mol. The summed E-state index contributed by atoms with van der Waals surface area (Å²) >= 11 is 0. The number of fused-ring (bicyclic) bond motifs is 1. The van der Waals surface area contributed by atoms with Crippen molar-refractivity contribution in [2.24, 2.45) is 5.73 Å². The molecule has 0 aliphatic rings. The van der Waals surface area contributed by atoms with Crippen molar-refractivity contribution >= 4 is 10.9 Å². The van der Waals surface area contributed by atoms with Gasteiger partial charge in [0, 0.05) is 24.7 Å². The van der Waals surface area contributed by atoms with Gasteiger partial charge in [-0.15, -0.1) is 0 Å². The monoisotopic (exact) mass is 244 g/mol. The van der Waals surface area contributed by atoms with E-state index in [2.05, 4.69) is 24.0 Å². The lowest BCUT2D eigenvalue weighted by Crippen LogP contribution is -2.14. The Kier molecular flexibility index (Phi) is 4.28. The zero-order chi connectivity index (χ0) is 13.0. The molecule has 1 aromatic heterocycles. The van der Waals surface area contributed by atoms with Crippen LogP contribution in [0.25, 0.3) is 10.9 Å². The van der Waals surface area contributed by atoms with Crippen molar-refractivity contribution in [3.63, 3.8) is 0 Å². The predicted octanol–water partition coefficient (Wildman–Crippen LogP) is 3.05. The van der Waals surface area contributed by atoms with Crippen molar-refractivity contribution < 1.29 is 4.74 Å². The maximum absolute atomic E-state index is 6.19. The van der Waals surface area contributed by atoms with E-state index in [4.69, 9.17) is 10.5 Å². The molecule has 0 saturated heterocycles. The molecule has 0 aliphatic carbocycles. The van der Waals surface area contributed by atoms with Crippen LogP contribution in [-0.4, -0.2) is 18.2 Å². The first-order valence-corrected chi connectivity index (χ1v) is 6.33. The third-order valence-electron chi connectivity index (χ3n) is 3.33. The molecule has 96 valence electrons. The van der Waals surface area contributed by atoms with Gasteiger partial charge in [0.25, 0.3) is 0 Å². The number of para-hydroxylation sites is 1. The highest BCUT2D eigenvalue weighted by Crippen LogP contribution is 2.20. The fourth-order valence-corrected chi connectivity index (χ4v) is 1.99. The van der Waals surface area contributed by atoms with Crippen LogP contribution in [0.3, 0.4) is 0 Å². The van der Waals surface area contributed by atoms with Crippen LogP contribution in [0.5, 0.6) is 0 Å². The van der Waals surface area contributed by atoms with Crippen LogP contribution in [0, 0.1) is 0 Å². The molecular weight excluding hydrogens is 224 g/mol. The molecule has 2 N–H and O–H groups in total. The summed E-state index contributed by atoms with van der Waals surface area (Å²) in [7, 11) is 1.73.